The van der Waals surface area contributed by atoms with Gasteiger partial charge in [0.2, 0.25) is 0 Å². The highest BCUT2D eigenvalue weighted by molar-refractivity contribution is 6.36. The third kappa shape index (κ3) is 6.79. The van der Waals surface area contributed by atoms with Crippen molar-refractivity contribution >= 4 is 58.3 Å². The van der Waals surface area contributed by atoms with Crippen LogP contribution >= 0.6 is 34.8 Å². The molecule has 2 aromatic rings. The number of hydrogen-bond donors (Lipinski definition) is 2. The fourth-order valence-electron chi connectivity index (χ4n) is 2.10. The Labute approximate surface area is 183 Å². The van der Waals surface area contributed by atoms with Crippen LogP contribution in [-0.2, 0) is 20.5 Å². The zero-order valence-corrected chi connectivity index (χ0v) is 17.0. The van der Waals surface area contributed by atoms with E-state index in [1.54, 1.807) is 0 Å². The van der Waals surface area contributed by atoms with Gasteiger partial charge in [0, 0.05) is 5.02 Å². The van der Waals surface area contributed by atoms with E-state index in [2.05, 4.69) is 15.4 Å². The quantitative estimate of drug-likeness (QED) is 0.589. The molecule has 0 aliphatic heterocycles. The first-order chi connectivity index (χ1) is 14.0. The van der Waals surface area contributed by atoms with E-state index in [0.717, 1.165) is 12.1 Å². The molecule has 6 nitrogen and oxygen atoms in total. The van der Waals surface area contributed by atoms with Crippen LogP contribution in [0.25, 0.3) is 0 Å². The molecule has 0 radical (unpaired) electrons. The number of ether oxygens (including phenoxy) is 1. The molecule has 0 atom stereocenters. The average Bonchev–Trinajstić information content (AvgIpc) is 2.65. The number of halogens is 6. The molecule has 0 unspecified atom stereocenters. The van der Waals surface area contributed by atoms with Gasteiger partial charge in [-0.15, -0.1) is 0 Å². The van der Waals surface area contributed by atoms with Gasteiger partial charge >= 0.3 is 12.1 Å². The topological polar surface area (TPSA) is 84.5 Å². The van der Waals surface area contributed by atoms with E-state index in [1.165, 1.54) is 18.2 Å². The first kappa shape index (κ1) is 23.8. The van der Waals surface area contributed by atoms with Crippen LogP contribution < -0.4 is 10.6 Å². The molecule has 2 aromatic carbocycles. The predicted molar refractivity (Wildman–Crippen MR) is 105 cm³/mol. The number of hydrogen-bond acceptors (Lipinski definition) is 4. The first-order valence-electron chi connectivity index (χ1n) is 8.03. The highest BCUT2D eigenvalue weighted by Crippen LogP contribution is 2.33. The summed E-state index contributed by atoms with van der Waals surface area (Å²) in [6.45, 7) is -1.38. The summed E-state index contributed by atoms with van der Waals surface area (Å²) in [5.74, 6) is -2.55. The number of esters is 1. The second-order valence-corrected chi connectivity index (χ2v) is 6.96. The van der Waals surface area contributed by atoms with E-state index in [-0.39, 0.29) is 21.3 Å². The van der Waals surface area contributed by atoms with Gasteiger partial charge in [-0.25, -0.2) is 0 Å². The molecule has 0 saturated carbocycles. The summed E-state index contributed by atoms with van der Waals surface area (Å²) in [7, 11) is 0. The molecule has 0 aromatic heterocycles. The molecule has 0 aliphatic rings. The maximum atomic E-state index is 12.7. The molecule has 2 N–H and O–H groups in total. The number of carbonyl (C=O) groups excluding carboxylic acids is 3. The Hall–Kier alpha value is -2.49. The van der Waals surface area contributed by atoms with Crippen LogP contribution in [0.1, 0.15) is 15.9 Å². The molecule has 0 bridgehead atoms. The molecule has 0 fully saturated rings. The minimum atomic E-state index is -4.62. The zero-order chi connectivity index (χ0) is 22.5. The lowest BCUT2D eigenvalue weighted by atomic mass is 10.2. The van der Waals surface area contributed by atoms with Crippen molar-refractivity contribution in [1.82, 2.24) is 5.32 Å². The van der Waals surface area contributed by atoms with Crippen molar-refractivity contribution in [3.05, 3.63) is 62.6 Å². The smallest absolute Gasteiger partial charge is 0.416 e. The van der Waals surface area contributed by atoms with E-state index < -0.39 is 42.7 Å². The third-order valence-corrected chi connectivity index (χ3v) is 4.38. The summed E-state index contributed by atoms with van der Waals surface area (Å²) in [5.41, 5.74) is -1.23. The molecule has 30 heavy (non-hydrogen) atoms. The summed E-state index contributed by atoms with van der Waals surface area (Å²) in [6, 6.07) is 6.52. The predicted octanol–water partition coefficient (Wildman–Crippen LogP) is 4.58. The summed E-state index contributed by atoms with van der Waals surface area (Å²) in [6.07, 6.45) is -4.62. The Balaban J connectivity index is 1.85. The number of rotatable bonds is 6. The van der Waals surface area contributed by atoms with Crippen molar-refractivity contribution in [1.29, 1.82) is 0 Å². The molecular weight excluding hydrogens is 472 g/mol. The van der Waals surface area contributed by atoms with Crippen LogP contribution in [0.15, 0.2) is 36.4 Å². The molecule has 2 amide bonds. The second-order valence-electron chi connectivity index (χ2n) is 5.71. The Morgan fingerprint density at radius 3 is 2.30 bits per heavy atom. The molecule has 0 saturated heterocycles. The van der Waals surface area contributed by atoms with Gasteiger partial charge in [-0.05, 0) is 36.4 Å². The van der Waals surface area contributed by atoms with Crippen LogP contribution in [0.4, 0.5) is 18.9 Å². The van der Waals surface area contributed by atoms with E-state index in [4.69, 9.17) is 34.8 Å². The fourth-order valence-corrected chi connectivity index (χ4v) is 2.76. The van der Waals surface area contributed by atoms with Gasteiger partial charge < -0.3 is 15.4 Å². The monoisotopic (exact) mass is 482 g/mol. The van der Waals surface area contributed by atoms with Crippen LogP contribution in [0.5, 0.6) is 0 Å². The van der Waals surface area contributed by atoms with Crippen molar-refractivity contribution in [2.24, 2.45) is 0 Å². The summed E-state index contributed by atoms with van der Waals surface area (Å²) < 4.78 is 42.9. The van der Waals surface area contributed by atoms with E-state index in [0.29, 0.717) is 11.1 Å². The number of amides is 2. The Kier molecular flexibility index (Phi) is 7.94. The molecule has 12 heteroatoms. The van der Waals surface area contributed by atoms with Crippen LogP contribution in [0.2, 0.25) is 15.1 Å². The number of carbonyl (C=O) groups is 3. The Morgan fingerprint density at radius 2 is 1.67 bits per heavy atom. The molecule has 2 rings (SSSR count). The van der Waals surface area contributed by atoms with Gasteiger partial charge in [-0.1, -0.05) is 34.8 Å². The molecule has 0 aliphatic carbocycles. The fraction of sp³-hybridized carbons (Fsp3) is 0.167. The Morgan fingerprint density at radius 1 is 0.967 bits per heavy atom. The van der Waals surface area contributed by atoms with Gasteiger partial charge in [-0.2, -0.15) is 13.2 Å². The molecule has 0 heterocycles. The van der Waals surface area contributed by atoms with Crippen molar-refractivity contribution < 1.29 is 32.3 Å². The van der Waals surface area contributed by atoms with Gasteiger partial charge in [0.25, 0.3) is 11.8 Å². The zero-order valence-electron chi connectivity index (χ0n) is 14.8. The number of benzene rings is 2. The van der Waals surface area contributed by atoms with Crippen LogP contribution in [-0.4, -0.2) is 30.9 Å². The average molecular weight is 484 g/mol. The maximum absolute atomic E-state index is 12.7. The van der Waals surface area contributed by atoms with E-state index in [9.17, 15) is 27.6 Å². The minimum absolute atomic E-state index is 0.0747. The highest BCUT2D eigenvalue weighted by atomic mass is 35.5. The lowest BCUT2D eigenvalue weighted by Gasteiger charge is -2.12. The van der Waals surface area contributed by atoms with E-state index in [1.807, 2.05) is 0 Å². The van der Waals surface area contributed by atoms with Crippen molar-refractivity contribution in [3.8, 4) is 0 Å². The van der Waals surface area contributed by atoms with Gasteiger partial charge in [0.15, 0.2) is 6.61 Å². The summed E-state index contributed by atoms with van der Waals surface area (Å²) in [4.78, 5) is 35.5. The van der Waals surface area contributed by atoms with Gasteiger partial charge in [0.05, 0.1) is 26.9 Å². The van der Waals surface area contributed by atoms with Crippen molar-refractivity contribution in [2.75, 3.05) is 18.5 Å². The summed E-state index contributed by atoms with van der Waals surface area (Å²) >= 11 is 17.4. The second kappa shape index (κ2) is 10.0. The Bertz CT molecular complexity index is 984. The van der Waals surface area contributed by atoms with Crippen LogP contribution in [0, 0.1) is 0 Å². The molecular formula is C18H12Cl3F3N2O4. The van der Waals surface area contributed by atoms with E-state index >= 15 is 0 Å². The normalized spacial score (nSPS) is 11.0. The number of alkyl halides is 3. The van der Waals surface area contributed by atoms with Crippen molar-refractivity contribution in [2.45, 2.75) is 6.18 Å². The summed E-state index contributed by atoms with van der Waals surface area (Å²) in [5, 5.41) is 4.63. The van der Waals surface area contributed by atoms with Gasteiger partial charge in [0.1, 0.15) is 6.54 Å². The molecule has 160 valence electrons. The van der Waals surface area contributed by atoms with Crippen LogP contribution in [0.3, 0.4) is 0 Å². The first-order valence-corrected chi connectivity index (χ1v) is 9.16. The standard InChI is InChI=1S/C18H12Cl3F3N2O4/c19-10-2-3-11(13(21)6-10)17(29)25-7-16(28)30-8-15(27)26-14-5-9(18(22,23)24)1-4-12(14)20/h1-6H,7-8H2,(H,25,29)(H,26,27). The SMILES string of the molecule is O=C(COC(=O)CNC(=O)c1ccc(Cl)cc1Cl)Nc1cc(C(F)(F)F)ccc1Cl. The highest BCUT2D eigenvalue weighted by Gasteiger charge is 2.31. The third-order valence-electron chi connectivity index (χ3n) is 3.50. The van der Waals surface area contributed by atoms with Gasteiger partial charge in [-0.3, -0.25) is 14.4 Å². The molecule has 0 spiro atoms. The number of anilines is 1. The van der Waals surface area contributed by atoms with Crippen molar-refractivity contribution in [3.63, 3.8) is 0 Å². The maximum Gasteiger partial charge on any atom is 0.416 e. The lowest BCUT2D eigenvalue weighted by Crippen LogP contribution is -2.32. The lowest BCUT2D eigenvalue weighted by molar-refractivity contribution is -0.146. The minimum Gasteiger partial charge on any atom is -0.454 e. The number of nitrogens with one attached hydrogen (secondary N) is 2. The largest absolute Gasteiger partial charge is 0.454 e.